The molecule has 1 aliphatic heterocycles. The predicted molar refractivity (Wildman–Crippen MR) is 71.9 cm³/mol. The third-order valence-electron chi connectivity index (χ3n) is 3.30. The van der Waals surface area contributed by atoms with Crippen molar-refractivity contribution in [3.05, 3.63) is 34.1 Å². The molecule has 1 fully saturated rings. The van der Waals surface area contributed by atoms with Crippen molar-refractivity contribution in [3.8, 4) is 0 Å². The van der Waals surface area contributed by atoms with Gasteiger partial charge in [-0.15, -0.1) is 0 Å². The van der Waals surface area contributed by atoms with Crippen LogP contribution in [0.25, 0.3) is 0 Å². The van der Waals surface area contributed by atoms with E-state index < -0.39 is 29.7 Å². The van der Waals surface area contributed by atoms with Crippen LogP contribution in [0.4, 0.5) is 4.39 Å². The Morgan fingerprint density at radius 2 is 2.10 bits per heavy atom. The summed E-state index contributed by atoms with van der Waals surface area (Å²) in [7, 11) is 1.50. The standard InChI is InChI=1S/C13H13BrFNO4/c1-16(11-6-20-5-10(11)13(18)19)12(17)7-2-8(14)4-9(15)3-7/h2-4,10-11H,5-6H2,1H3,(H,18,19). The number of halogens is 2. The van der Waals surface area contributed by atoms with Gasteiger partial charge in [-0.1, -0.05) is 15.9 Å². The minimum absolute atomic E-state index is 0.0739. The van der Waals surface area contributed by atoms with Gasteiger partial charge in [0.05, 0.1) is 19.3 Å². The molecule has 0 saturated carbocycles. The molecule has 0 aromatic heterocycles. The summed E-state index contributed by atoms with van der Waals surface area (Å²) in [4.78, 5) is 24.7. The van der Waals surface area contributed by atoms with E-state index in [1.165, 1.54) is 24.1 Å². The highest BCUT2D eigenvalue weighted by molar-refractivity contribution is 9.10. The number of carbonyl (C=O) groups excluding carboxylic acids is 1. The van der Waals surface area contributed by atoms with Crippen molar-refractivity contribution in [3.63, 3.8) is 0 Å². The van der Waals surface area contributed by atoms with Gasteiger partial charge in [-0.05, 0) is 18.2 Å². The second kappa shape index (κ2) is 5.88. The number of carbonyl (C=O) groups is 2. The van der Waals surface area contributed by atoms with E-state index in [0.29, 0.717) is 4.47 Å². The number of aliphatic carboxylic acids is 1. The highest BCUT2D eigenvalue weighted by Gasteiger charge is 2.38. The molecule has 0 radical (unpaired) electrons. The lowest BCUT2D eigenvalue weighted by Crippen LogP contribution is -2.44. The number of amides is 1. The third-order valence-corrected chi connectivity index (χ3v) is 3.75. The van der Waals surface area contributed by atoms with Crippen LogP contribution in [0.2, 0.25) is 0 Å². The van der Waals surface area contributed by atoms with Crippen molar-refractivity contribution in [2.75, 3.05) is 20.3 Å². The summed E-state index contributed by atoms with van der Waals surface area (Å²) >= 11 is 3.12. The van der Waals surface area contributed by atoms with Gasteiger partial charge in [-0.2, -0.15) is 0 Å². The van der Waals surface area contributed by atoms with E-state index in [4.69, 9.17) is 9.84 Å². The van der Waals surface area contributed by atoms with E-state index in [-0.39, 0.29) is 18.8 Å². The Kier molecular flexibility index (Phi) is 4.39. The van der Waals surface area contributed by atoms with Gasteiger partial charge in [0.25, 0.3) is 5.91 Å². The van der Waals surface area contributed by atoms with Crippen molar-refractivity contribution >= 4 is 27.8 Å². The molecule has 2 unspecified atom stereocenters. The second-order valence-corrected chi connectivity index (χ2v) is 5.54. The lowest BCUT2D eigenvalue weighted by molar-refractivity contribution is -0.142. The number of carboxylic acids is 1. The number of carboxylic acid groups (broad SMARTS) is 1. The van der Waals surface area contributed by atoms with E-state index in [1.54, 1.807) is 0 Å². The van der Waals surface area contributed by atoms with E-state index >= 15 is 0 Å². The van der Waals surface area contributed by atoms with Crippen LogP contribution in [-0.4, -0.2) is 48.2 Å². The number of ether oxygens (including phenoxy) is 1. The number of hydrogen-bond donors (Lipinski definition) is 1. The molecule has 0 aliphatic carbocycles. The molecule has 1 N–H and O–H groups in total. The van der Waals surface area contributed by atoms with Crippen molar-refractivity contribution in [2.45, 2.75) is 6.04 Å². The third kappa shape index (κ3) is 2.99. The van der Waals surface area contributed by atoms with Crippen LogP contribution in [0.3, 0.4) is 0 Å². The van der Waals surface area contributed by atoms with Gasteiger partial charge in [-0.3, -0.25) is 9.59 Å². The second-order valence-electron chi connectivity index (χ2n) is 4.62. The normalized spacial score (nSPS) is 21.8. The summed E-state index contributed by atoms with van der Waals surface area (Å²) in [5, 5.41) is 9.09. The van der Waals surface area contributed by atoms with Gasteiger partial charge in [0, 0.05) is 17.1 Å². The molecular weight excluding hydrogens is 333 g/mol. The van der Waals surface area contributed by atoms with Crippen LogP contribution in [-0.2, 0) is 9.53 Å². The fourth-order valence-electron chi connectivity index (χ4n) is 2.19. The molecule has 0 bridgehead atoms. The first-order valence-corrected chi connectivity index (χ1v) is 6.73. The fraction of sp³-hybridized carbons (Fsp3) is 0.385. The predicted octanol–water partition coefficient (Wildman–Crippen LogP) is 1.76. The smallest absolute Gasteiger partial charge is 0.311 e. The van der Waals surface area contributed by atoms with Crippen molar-refractivity contribution in [1.29, 1.82) is 0 Å². The molecule has 108 valence electrons. The Labute approximate surface area is 123 Å². The maximum absolute atomic E-state index is 13.3. The van der Waals surface area contributed by atoms with Crippen LogP contribution in [0.1, 0.15) is 10.4 Å². The van der Waals surface area contributed by atoms with Crippen LogP contribution >= 0.6 is 15.9 Å². The van der Waals surface area contributed by atoms with Crippen molar-refractivity contribution in [1.82, 2.24) is 4.90 Å². The highest BCUT2D eigenvalue weighted by Crippen LogP contribution is 2.22. The molecular formula is C13H13BrFNO4. The van der Waals surface area contributed by atoms with Gasteiger partial charge in [-0.25, -0.2) is 4.39 Å². The van der Waals surface area contributed by atoms with Gasteiger partial charge in [0.1, 0.15) is 11.7 Å². The Balaban J connectivity index is 2.22. The molecule has 1 aromatic rings. The molecule has 2 atom stereocenters. The van der Waals surface area contributed by atoms with Crippen LogP contribution in [0.5, 0.6) is 0 Å². The largest absolute Gasteiger partial charge is 0.481 e. The summed E-state index contributed by atoms with van der Waals surface area (Å²) in [6.07, 6.45) is 0. The summed E-state index contributed by atoms with van der Waals surface area (Å²) in [5.41, 5.74) is 0.162. The quantitative estimate of drug-likeness (QED) is 0.906. The van der Waals surface area contributed by atoms with Crippen molar-refractivity contribution < 1.29 is 23.8 Å². The molecule has 7 heteroatoms. The van der Waals surface area contributed by atoms with Gasteiger partial charge >= 0.3 is 5.97 Å². The van der Waals surface area contributed by atoms with Crippen LogP contribution in [0, 0.1) is 11.7 Å². The number of benzene rings is 1. The van der Waals surface area contributed by atoms with Crippen molar-refractivity contribution in [2.24, 2.45) is 5.92 Å². The van der Waals surface area contributed by atoms with E-state index in [9.17, 15) is 14.0 Å². The molecule has 1 aliphatic rings. The molecule has 0 spiro atoms. The minimum Gasteiger partial charge on any atom is -0.481 e. The van der Waals surface area contributed by atoms with Gasteiger partial charge in [0.2, 0.25) is 0 Å². The lowest BCUT2D eigenvalue weighted by atomic mass is 10.0. The lowest BCUT2D eigenvalue weighted by Gasteiger charge is -2.26. The molecule has 1 saturated heterocycles. The maximum Gasteiger partial charge on any atom is 0.311 e. The zero-order valence-corrected chi connectivity index (χ0v) is 12.3. The van der Waals surface area contributed by atoms with Gasteiger partial charge in [0.15, 0.2) is 0 Å². The summed E-state index contributed by atoms with van der Waals surface area (Å²) < 4.78 is 18.9. The summed E-state index contributed by atoms with van der Waals surface area (Å²) in [5.74, 6) is -2.74. The first-order chi connectivity index (χ1) is 9.40. The Bertz CT molecular complexity index is 531. The number of likely N-dealkylation sites (N-methyl/N-ethyl adjacent to an activating group) is 1. The fourth-order valence-corrected chi connectivity index (χ4v) is 2.66. The monoisotopic (exact) mass is 345 g/mol. The zero-order chi connectivity index (χ0) is 14.9. The SMILES string of the molecule is CN(C(=O)c1cc(F)cc(Br)c1)C1COCC1C(=O)O. The van der Waals surface area contributed by atoms with Crippen LogP contribution < -0.4 is 0 Å². The van der Waals surface area contributed by atoms with E-state index in [1.807, 2.05) is 0 Å². The minimum atomic E-state index is -1.01. The van der Waals surface area contributed by atoms with Crippen LogP contribution in [0.15, 0.2) is 22.7 Å². The Morgan fingerprint density at radius 3 is 2.70 bits per heavy atom. The highest BCUT2D eigenvalue weighted by atomic mass is 79.9. The number of nitrogens with zero attached hydrogens (tertiary/aromatic N) is 1. The Morgan fingerprint density at radius 1 is 1.40 bits per heavy atom. The van der Waals surface area contributed by atoms with E-state index in [0.717, 1.165) is 6.07 Å². The average molecular weight is 346 g/mol. The maximum atomic E-state index is 13.3. The topological polar surface area (TPSA) is 66.8 Å². The number of hydrogen-bond acceptors (Lipinski definition) is 3. The molecule has 2 rings (SSSR count). The summed E-state index contributed by atoms with van der Waals surface area (Å²) in [6, 6.07) is 3.31. The first-order valence-electron chi connectivity index (χ1n) is 5.94. The molecule has 20 heavy (non-hydrogen) atoms. The average Bonchev–Trinajstić information content (AvgIpc) is 2.85. The molecule has 1 heterocycles. The number of rotatable bonds is 3. The molecule has 1 amide bonds. The molecule has 1 aromatic carbocycles. The summed E-state index contributed by atoms with van der Waals surface area (Å²) in [6.45, 7) is 0.236. The first kappa shape index (κ1) is 14.9. The van der Waals surface area contributed by atoms with Gasteiger partial charge < -0.3 is 14.7 Å². The molecule has 5 nitrogen and oxygen atoms in total. The van der Waals surface area contributed by atoms with E-state index in [2.05, 4.69) is 15.9 Å². The zero-order valence-electron chi connectivity index (χ0n) is 10.7. The Hall–Kier alpha value is -1.47.